The van der Waals surface area contributed by atoms with Crippen LogP contribution in [0, 0.1) is 0 Å². The third-order valence-electron chi connectivity index (χ3n) is 2.61. The standard InChI is InChI=1S/C12H15N3O/c1-3-11-10(4-5-16-11)12(13-2)9-6-14-8-15-7-9/h4-8,12-13H,3H2,1-2H3. The lowest BCUT2D eigenvalue weighted by Gasteiger charge is -2.15. The highest BCUT2D eigenvalue weighted by Gasteiger charge is 2.17. The van der Waals surface area contributed by atoms with Crippen LogP contribution >= 0.6 is 0 Å². The molecule has 0 amide bonds. The van der Waals surface area contributed by atoms with Gasteiger partial charge in [0.2, 0.25) is 0 Å². The summed E-state index contributed by atoms with van der Waals surface area (Å²) in [5.41, 5.74) is 2.20. The van der Waals surface area contributed by atoms with Gasteiger partial charge in [-0.05, 0) is 13.1 Å². The van der Waals surface area contributed by atoms with Gasteiger partial charge in [0.05, 0.1) is 12.3 Å². The van der Waals surface area contributed by atoms with Gasteiger partial charge in [0.15, 0.2) is 0 Å². The highest BCUT2D eigenvalue weighted by molar-refractivity contribution is 5.30. The Hall–Kier alpha value is -1.68. The molecule has 4 nitrogen and oxygen atoms in total. The molecule has 1 unspecified atom stereocenters. The van der Waals surface area contributed by atoms with Crippen molar-refractivity contribution < 1.29 is 4.42 Å². The van der Waals surface area contributed by atoms with Crippen molar-refractivity contribution >= 4 is 0 Å². The quantitative estimate of drug-likeness (QED) is 0.850. The minimum absolute atomic E-state index is 0.0925. The van der Waals surface area contributed by atoms with E-state index >= 15 is 0 Å². The van der Waals surface area contributed by atoms with Gasteiger partial charge in [-0.25, -0.2) is 9.97 Å². The van der Waals surface area contributed by atoms with Gasteiger partial charge in [0, 0.05) is 29.9 Å². The van der Waals surface area contributed by atoms with E-state index < -0.39 is 0 Å². The molecule has 0 saturated carbocycles. The molecule has 0 spiro atoms. The lowest BCUT2D eigenvalue weighted by Crippen LogP contribution is -2.18. The monoisotopic (exact) mass is 217 g/mol. The largest absolute Gasteiger partial charge is 0.469 e. The van der Waals surface area contributed by atoms with Gasteiger partial charge < -0.3 is 9.73 Å². The van der Waals surface area contributed by atoms with Crippen molar-refractivity contribution in [3.8, 4) is 0 Å². The Balaban J connectivity index is 2.37. The van der Waals surface area contributed by atoms with Crippen molar-refractivity contribution in [2.45, 2.75) is 19.4 Å². The molecule has 0 fully saturated rings. The summed E-state index contributed by atoms with van der Waals surface area (Å²) >= 11 is 0. The molecule has 2 aromatic rings. The van der Waals surface area contributed by atoms with Crippen LogP contribution in [-0.2, 0) is 6.42 Å². The molecule has 0 radical (unpaired) electrons. The van der Waals surface area contributed by atoms with Gasteiger partial charge >= 0.3 is 0 Å². The molecule has 0 aliphatic heterocycles. The maximum absolute atomic E-state index is 5.44. The second-order valence-corrected chi connectivity index (χ2v) is 3.55. The van der Waals surface area contributed by atoms with Crippen LogP contribution in [0.5, 0.6) is 0 Å². The number of furan rings is 1. The Labute approximate surface area is 94.7 Å². The van der Waals surface area contributed by atoms with Gasteiger partial charge in [-0.15, -0.1) is 0 Å². The molecular weight excluding hydrogens is 202 g/mol. The summed E-state index contributed by atoms with van der Waals surface area (Å²) in [6, 6.07) is 2.09. The van der Waals surface area contributed by atoms with Crippen LogP contribution in [0.3, 0.4) is 0 Å². The fraction of sp³-hybridized carbons (Fsp3) is 0.333. The number of rotatable bonds is 4. The van der Waals surface area contributed by atoms with Gasteiger partial charge in [-0.2, -0.15) is 0 Å². The van der Waals surface area contributed by atoms with Crippen LogP contribution in [0.4, 0.5) is 0 Å². The molecule has 1 N–H and O–H groups in total. The Bertz CT molecular complexity index is 439. The van der Waals surface area contributed by atoms with Gasteiger partial charge in [-0.3, -0.25) is 0 Å². The third-order valence-corrected chi connectivity index (χ3v) is 2.61. The zero-order chi connectivity index (χ0) is 11.4. The fourth-order valence-electron chi connectivity index (χ4n) is 1.86. The highest BCUT2D eigenvalue weighted by atomic mass is 16.3. The fourth-order valence-corrected chi connectivity index (χ4v) is 1.86. The highest BCUT2D eigenvalue weighted by Crippen LogP contribution is 2.25. The van der Waals surface area contributed by atoms with Crippen LogP contribution in [-0.4, -0.2) is 17.0 Å². The molecule has 0 bridgehead atoms. The van der Waals surface area contributed by atoms with Crippen molar-refractivity contribution in [2.24, 2.45) is 0 Å². The lowest BCUT2D eigenvalue weighted by atomic mass is 10.0. The first kappa shape index (κ1) is 10.8. The van der Waals surface area contributed by atoms with E-state index in [1.165, 1.54) is 6.33 Å². The van der Waals surface area contributed by atoms with Gasteiger partial charge in [0.1, 0.15) is 12.1 Å². The van der Waals surface area contributed by atoms with Crippen molar-refractivity contribution in [3.63, 3.8) is 0 Å². The number of hydrogen-bond acceptors (Lipinski definition) is 4. The Kier molecular flexibility index (Phi) is 3.31. The smallest absolute Gasteiger partial charge is 0.115 e. The second-order valence-electron chi connectivity index (χ2n) is 3.55. The summed E-state index contributed by atoms with van der Waals surface area (Å²) in [6.07, 6.45) is 7.78. The summed E-state index contributed by atoms with van der Waals surface area (Å²) in [5.74, 6) is 1.00. The average molecular weight is 217 g/mol. The zero-order valence-electron chi connectivity index (χ0n) is 9.47. The zero-order valence-corrected chi connectivity index (χ0v) is 9.47. The van der Waals surface area contributed by atoms with Gasteiger partial charge in [0.25, 0.3) is 0 Å². The van der Waals surface area contributed by atoms with E-state index in [4.69, 9.17) is 4.42 Å². The lowest BCUT2D eigenvalue weighted by molar-refractivity contribution is 0.504. The van der Waals surface area contributed by atoms with E-state index in [1.54, 1.807) is 6.26 Å². The van der Waals surface area contributed by atoms with Crippen molar-refractivity contribution in [3.05, 3.63) is 47.9 Å². The predicted molar refractivity (Wildman–Crippen MR) is 61.0 cm³/mol. The molecule has 2 heterocycles. The Morgan fingerprint density at radius 3 is 2.75 bits per heavy atom. The molecule has 0 saturated heterocycles. The molecule has 2 rings (SSSR count). The van der Waals surface area contributed by atoms with Crippen LogP contribution in [0.2, 0.25) is 0 Å². The SMILES string of the molecule is CCc1occc1C(NC)c1cncnc1. The van der Waals surface area contributed by atoms with Crippen molar-refractivity contribution in [1.29, 1.82) is 0 Å². The molecule has 0 aromatic carbocycles. The molecule has 84 valence electrons. The van der Waals surface area contributed by atoms with Crippen LogP contribution in [0.1, 0.15) is 29.9 Å². The predicted octanol–water partition coefficient (Wildman–Crippen LogP) is 1.94. The topological polar surface area (TPSA) is 51.0 Å². The Morgan fingerprint density at radius 2 is 2.12 bits per heavy atom. The first-order chi connectivity index (χ1) is 7.86. The van der Waals surface area contributed by atoms with Crippen LogP contribution in [0.25, 0.3) is 0 Å². The molecule has 4 heteroatoms. The van der Waals surface area contributed by atoms with E-state index in [-0.39, 0.29) is 6.04 Å². The first-order valence-electron chi connectivity index (χ1n) is 5.35. The van der Waals surface area contributed by atoms with Crippen molar-refractivity contribution in [1.82, 2.24) is 15.3 Å². The summed E-state index contributed by atoms with van der Waals surface area (Å²) < 4.78 is 5.44. The van der Waals surface area contributed by atoms with E-state index in [0.717, 1.165) is 23.3 Å². The second kappa shape index (κ2) is 4.90. The summed E-state index contributed by atoms with van der Waals surface area (Å²) in [6.45, 7) is 2.08. The minimum Gasteiger partial charge on any atom is -0.469 e. The number of nitrogens with zero attached hydrogens (tertiary/aromatic N) is 2. The van der Waals surface area contributed by atoms with E-state index in [2.05, 4.69) is 22.2 Å². The minimum atomic E-state index is 0.0925. The number of aryl methyl sites for hydroxylation is 1. The van der Waals surface area contributed by atoms with E-state index in [9.17, 15) is 0 Å². The number of hydrogen-bond donors (Lipinski definition) is 1. The maximum Gasteiger partial charge on any atom is 0.115 e. The van der Waals surface area contributed by atoms with Gasteiger partial charge in [-0.1, -0.05) is 6.92 Å². The third kappa shape index (κ3) is 1.97. The first-order valence-corrected chi connectivity index (χ1v) is 5.35. The average Bonchev–Trinajstić information content (AvgIpc) is 2.80. The Morgan fingerprint density at radius 1 is 1.38 bits per heavy atom. The van der Waals surface area contributed by atoms with E-state index in [1.807, 2.05) is 25.5 Å². The number of nitrogens with one attached hydrogen (secondary N) is 1. The molecule has 0 aliphatic rings. The number of aromatic nitrogens is 2. The molecule has 1 atom stereocenters. The summed E-state index contributed by atoms with van der Waals surface area (Å²) in [7, 11) is 1.92. The molecule has 2 aromatic heterocycles. The maximum atomic E-state index is 5.44. The summed E-state index contributed by atoms with van der Waals surface area (Å²) in [4.78, 5) is 8.07. The molecule has 16 heavy (non-hydrogen) atoms. The normalized spacial score (nSPS) is 12.6. The molecular formula is C12H15N3O. The van der Waals surface area contributed by atoms with E-state index in [0.29, 0.717) is 0 Å². The van der Waals surface area contributed by atoms with Crippen LogP contribution in [0.15, 0.2) is 35.5 Å². The van der Waals surface area contributed by atoms with Crippen molar-refractivity contribution in [2.75, 3.05) is 7.05 Å². The molecule has 0 aliphatic carbocycles. The van der Waals surface area contributed by atoms with Crippen LogP contribution < -0.4 is 5.32 Å². The summed E-state index contributed by atoms with van der Waals surface area (Å²) in [5, 5.41) is 3.26.